The molecule has 4 rings (SSSR count). The molecule has 0 aliphatic carbocycles. The maximum Gasteiger partial charge on any atom is 0.338 e. The standard InChI is InChI=1S/C31H28BrN5O5S/c1-3-40-30(39)28-19(2)35-31(43)36-29(28)23-10-6-7-11-25(23)42-18-27(38)37-34-16-20-12-13-26(24(32)14-20)41-17-22-9-5-4-8-21(22)15-33/h4-14,16,29H,3,17-18H2,1-2H3,(H,37,38)(H2,35,36,43)/t29-/m0/s1. The molecule has 1 heterocycles. The average molecular weight is 663 g/mol. The fourth-order valence-corrected chi connectivity index (χ4v) is 5.02. The summed E-state index contributed by atoms with van der Waals surface area (Å²) in [6.45, 7) is 3.63. The van der Waals surface area contributed by atoms with Gasteiger partial charge in [-0.1, -0.05) is 36.4 Å². The number of esters is 1. The molecule has 0 spiro atoms. The van der Waals surface area contributed by atoms with E-state index in [4.69, 9.17) is 26.4 Å². The van der Waals surface area contributed by atoms with E-state index in [-0.39, 0.29) is 19.8 Å². The highest BCUT2D eigenvalue weighted by Gasteiger charge is 2.32. The Labute approximate surface area is 262 Å². The molecule has 0 saturated carbocycles. The third kappa shape index (κ3) is 8.18. The second-order valence-corrected chi connectivity index (χ2v) is 10.4. The first-order valence-corrected chi connectivity index (χ1v) is 14.4. The number of allylic oxidation sites excluding steroid dienone is 1. The smallest absolute Gasteiger partial charge is 0.338 e. The molecular weight excluding hydrogens is 634 g/mol. The van der Waals surface area contributed by atoms with Crippen molar-refractivity contribution in [2.24, 2.45) is 5.10 Å². The van der Waals surface area contributed by atoms with Crippen molar-refractivity contribution in [2.75, 3.05) is 13.2 Å². The third-order valence-corrected chi connectivity index (χ3v) is 7.07. The molecule has 3 aromatic carbocycles. The van der Waals surface area contributed by atoms with Gasteiger partial charge in [-0.05, 0) is 77.9 Å². The van der Waals surface area contributed by atoms with Crippen LogP contribution in [0.1, 0.15) is 42.1 Å². The summed E-state index contributed by atoms with van der Waals surface area (Å²) in [4.78, 5) is 25.2. The zero-order valence-electron chi connectivity index (χ0n) is 23.3. The number of rotatable bonds is 11. The van der Waals surface area contributed by atoms with Crippen LogP contribution in [-0.2, 0) is 20.9 Å². The van der Waals surface area contributed by atoms with Crippen molar-refractivity contribution >= 4 is 51.4 Å². The summed E-state index contributed by atoms with van der Waals surface area (Å²) in [6, 6.07) is 21.2. The maximum absolute atomic E-state index is 12.7. The molecule has 1 aliphatic rings. The molecule has 0 saturated heterocycles. The average Bonchev–Trinajstić information content (AvgIpc) is 2.99. The number of hydrogen-bond donors (Lipinski definition) is 3. The highest BCUT2D eigenvalue weighted by atomic mass is 79.9. The van der Waals surface area contributed by atoms with E-state index in [1.54, 1.807) is 68.4 Å². The molecule has 12 heteroatoms. The number of nitrogens with zero attached hydrogens (tertiary/aromatic N) is 2. The Morgan fingerprint density at radius 3 is 2.65 bits per heavy atom. The molecule has 3 aromatic rings. The van der Waals surface area contributed by atoms with Gasteiger partial charge in [-0.2, -0.15) is 10.4 Å². The van der Waals surface area contributed by atoms with Gasteiger partial charge in [0.05, 0.1) is 40.5 Å². The van der Waals surface area contributed by atoms with Gasteiger partial charge in [0, 0.05) is 16.8 Å². The second kappa shape index (κ2) is 14.9. The van der Waals surface area contributed by atoms with Gasteiger partial charge in [-0.15, -0.1) is 0 Å². The summed E-state index contributed by atoms with van der Waals surface area (Å²) in [5.41, 5.74) is 6.08. The molecule has 1 amide bonds. The first-order chi connectivity index (χ1) is 20.8. The lowest BCUT2D eigenvalue weighted by Gasteiger charge is -2.30. The number of benzene rings is 3. The Hall–Kier alpha value is -4.73. The van der Waals surface area contributed by atoms with Gasteiger partial charge in [0.25, 0.3) is 5.91 Å². The van der Waals surface area contributed by atoms with Gasteiger partial charge < -0.3 is 24.8 Å². The number of carbonyl (C=O) groups excluding carboxylic acids is 2. The van der Waals surface area contributed by atoms with Crippen molar-refractivity contribution in [3.63, 3.8) is 0 Å². The quantitative estimate of drug-likeness (QED) is 0.115. The van der Waals surface area contributed by atoms with E-state index < -0.39 is 17.9 Å². The summed E-state index contributed by atoms with van der Waals surface area (Å²) < 4.78 is 17.6. The zero-order chi connectivity index (χ0) is 30.8. The van der Waals surface area contributed by atoms with E-state index in [9.17, 15) is 14.9 Å². The molecule has 43 heavy (non-hydrogen) atoms. The Bertz CT molecular complexity index is 1630. The van der Waals surface area contributed by atoms with E-state index in [0.29, 0.717) is 49.0 Å². The molecule has 0 unspecified atom stereocenters. The molecule has 0 bridgehead atoms. The van der Waals surface area contributed by atoms with Crippen LogP contribution in [0, 0.1) is 11.3 Å². The number of amides is 1. The zero-order valence-corrected chi connectivity index (χ0v) is 25.8. The minimum Gasteiger partial charge on any atom is -0.488 e. The largest absolute Gasteiger partial charge is 0.488 e. The van der Waals surface area contributed by atoms with Crippen molar-refractivity contribution < 1.29 is 23.8 Å². The molecule has 220 valence electrons. The van der Waals surface area contributed by atoms with Gasteiger partial charge in [-0.3, -0.25) is 4.79 Å². The number of ether oxygens (including phenoxy) is 3. The molecule has 3 N–H and O–H groups in total. The first-order valence-electron chi connectivity index (χ1n) is 13.2. The Morgan fingerprint density at radius 2 is 1.88 bits per heavy atom. The molecule has 10 nitrogen and oxygen atoms in total. The van der Waals surface area contributed by atoms with Crippen LogP contribution in [-0.4, -0.2) is 36.4 Å². The van der Waals surface area contributed by atoms with Crippen LogP contribution in [0.4, 0.5) is 0 Å². The predicted molar refractivity (Wildman–Crippen MR) is 168 cm³/mol. The van der Waals surface area contributed by atoms with Gasteiger partial charge in [0.2, 0.25) is 0 Å². The van der Waals surface area contributed by atoms with Gasteiger partial charge in [0.15, 0.2) is 11.7 Å². The number of carbonyl (C=O) groups is 2. The van der Waals surface area contributed by atoms with E-state index in [2.05, 4.69) is 43.2 Å². The van der Waals surface area contributed by atoms with Crippen LogP contribution in [0.25, 0.3) is 0 Å². The number of thiocarbonyl (C=S) groups is 1. The number of hydrazone groups is 1. The lowest BCUT2D eigenvalue weighted by atomic mass is 9.95. The minimum absolute atomic E-state index is 0.221. The van der Waals surface area contributed by atoms with Crippen LogP contribution in [0.5, 0.6) is 11.5 Å². The molecule has 1 aliphatic heterocycles. The summed E-state index contributed by atoms with van der Waals surface area (Å²) in [7, 11) is 0. The van der Waals surface area contributed by atoms with E-state index >= 15 is 0 Å². The van der Waals surface area contributed by atoms with Crippen LogP contribution >= 0.6 is 28.1 Å². The van der Waals surface area contributed by atoms with Gasteiger partial charge in [0.1, 0.15) is 18.1 Å². The van der Waals surface area contributed by atoms with Crippen LogP contribution in [0.15, 0.2) is 87.6 Å². The summed E-state index contributed by atoms with van der Waals surface area (Å²) in [5, 5.41) is 19.7. The van der Waals surface area contributed by atoms with Crippen molar-refractivity contribution in [3.05, 3.63) is 105 Å². The van der Waals surface area contributed by atoms with Crippen molar-refractivity contribution in [2.45, 2.75) is 26.5 Å². The first kappa shape index (κ1) is 31.2. The number of nitriles is 1. The normalized spacial score (nSPS) is 14.4. The molecule has 1 atom stereocenters. The summed E-state index contributed by atoms with van der Waals surface area (Å²) in [5.74, 6) is 0.0359. The summed E-state index contributed by atoms with van der Waals surface area (Å²) in [6.07, 6.45) is 1.49. The lowest BCUT2D eigenvalue weighted by Crippen LogP contribution is -2.45. The molecule has 0 radical (unpaired) electrons. The molecular formula is C31H28BrN5O5S. The Balaban J connectivity index is 1.35. The van der Waals surface area contributed by atoms with Crippen LogP contribution < -0.4 is 25.5 Å². The third-order valence-electron chi connectivity index (χ3n) is 6.23. The van der Waals surface area contributed by atoms with E-state index in [1.165, 1.54) is 6.21 Å². The van der Waals surface area contributed by atoms with E-state index in [0.717, 1.165) is 5.56 Å². The highest BCUT2D eigenvalue weighted by Crippen LogP contribution is 2.33. The number of hydrogen-bond acceptors (Lipinski definition) is 8. The fraction of sp³-hybridized carbons (Fsp3) is 0.194. The Morgan fingerprint density at radius 1 is 1.12 bits per heavy atom. The highest BCUT2D eigenvalue weighted by molar-refractivity contribution is 9.10. The maximum atomic E-state index is 12.7. The van der Waals surface area contributed by atoms with Gasteiger partial charge in [-0.25, -0.2) is 10.2 Å². The number of halogens is 1. The van der Waals surface area contributed by atoms with Crippen molar-refractivity contribution in [3.8, 4) is 17.6 Å². The molecule has 0 aromatic heterocycles. The Kier molecular flexibility index (Phi) is 10.9. The van der Waals surface area contributed by atoms with E-state index in [1.807, 2.05) is 12.1 Å². The van der Waals surface area contributed by atoms with Crippen LogP contribution in [0.2, 0.25) is 0 Å². The lowest BCUT2D eigenvalue weighted by molar-refractivity contribution is -0.139. The SMILES string of the molecule is CCOC(=O)C1=C(C)NC(=S)N[C@H]1c1ccccc1OCC(=O)NN=Cc1ccc(OCc2ccccc2C#N)c(Br)c1. The van der Waals surface area contributed by atoms with Crippen LogP contribution in [0.3, 0.4) is 0 Å². The minimum atomic E-state index is -0.628. The van der Waals surface area contributed by atoms with Gasteiger partial charge >= 0.3 is 5.97 Å². The topological polar surface area (TPSA) is 134 Å². The number of nitrogens with one attached hydrogen (secondary N) is 3. The number of para-hydroxylation sites is 1. The van der Waals surface area contributed by atoms with Crippen molar-refractivity contribution in [1.82, 2.24) is 16.1 Å². The fourth-order valence-electron chi connectivity index (χ4n) is 4.24. The monoisotopic (exact) mass is 661 g/mol. The summed E-state index contributed by atoms with van der Waals surface area (Å²) >= 11 is 8.80. The predicted octanol–water partition coefficient (Wildman–Crippen LogP) is 4.78. The van der Waals surface area contributed by atoms with Crippen molar-refractivity contribution in [1.29, 1.82) is 5.26 Å². The molecule has 0 fully saturated rings. The second-order valence-electron chi connectivity index (χ2n) is 9.16.